The fourth-order valence-electron chi connectivity index (χ4n) is 3.16. The fraction of sp³-hybridized carbons (Fsp3) is 0.353. The van der Waals surface area contributed by atoms with Crippen LogP contribution in [0.4, 0.5) is 17.2 Å². The van der Waals surface area contributed by atoms with Crippen molar-refractivity contribution in [3.8, 4) is 0 Å². The lowest BCUT2D eigenvalue weighted by Crippen LogP contribution is -2.67. The molecule has 0 spiro atoms. The standard InChI is InChI=1S/C17H20N4/c1-12-2-4-13(5-3-12)20-17-7-6-16(9-18-17)21-10-14-8-15(11-21)19-14/h2-7,9,14-15,19H,8,10-11H2,1H3,(H,18,20). The third-order valence-electron chi connectivity index (χ3n) is 4.36. The van der Waals surface area contributed by atoms with Crippen LogP contribution in [0.25, 0.3) is 0 Å². The van der Waals surface area contributed by atoms with Crippen molar-refractivity contribution in [2.45, 2.75) is 25.4 Å². The third-order valence-corrected chi connectivity index (χ3v) is 4.36. The van der Waals surface area contributed by atoms with E-state index in [4.69, 9.17) is 0 Å². The molecule has 108 valence electrons. The molecule has 2 atom stereocenters. The first-order valence-electron chi connectivity index (χ1n) is 7.57. The van der Waals surface area contributed by atoms with Gasteiger partial charge in [0.1, 0.15) is 5.82 Å². The van der Waals surface area contributed by atoms with Crippen molar-refractivity contribution in [2.75, 3.05) is 23.3 Å². The summed E-state index contributed by atoms with van der Waals surface area (Å²) in [6, 6.07) is 13.9. The Morgan fingerprint density at radius 3 is 2.43 bits per heavy atom. The highest BCUT2D eigenvalue weighted by atomic mass is 15.3. The number of piperidine rings is 1. The van der Waals surface area contributed by atoms with Gasteiger partial charge in [-0.25, -0.2) is 4.98 Å². The van der Waals surface area contributed by atoms with Gasteiger partial charge in [-0.2, -0.15) is 0 Å². The summed E-state index contributed by atoms with van der Waals surface area (Å²) in [5, 5.41) is 6.89. The minimum atomic E-state index is 0.675. The number of pyridine rings is 1. The van der Waals surface area contributed by atoms with Gasteiger partial charge in [0.15, 0.2) is 0 Å². The van der Waals surface area contributed by atoms with E-state index in [1.165, 1.54) is 17.7 Å². The monoisotopic (exact) mass is 280 g/mol. The van der Waals surface area contributed by atoms with E-state index in [1.807, 2.05) is 6.20 Å². The maximum atomic E-state index is 4.54. The SMILES string of the molecule is Cc1ccc(Nc2ccc(N3CC4CC(C3)N4)cn2)cc1. The molecule has 3 saturated heterocycles. The second kappa shape index (κ2) is 5.04. The van der Waals surface area contributed by atoms with E-state index < -0.39 is 0 Å². The summed E-state index contributed by atoms with van der Waals surface area (Å²) in [5.41, 5.74) is 3.56. The third kappa shape index (κ3) is 2.59. The fourth-order valence-corrected chi connectivity index (χ4v) is 3.16. The number of nitrogens with zero attached hydrogens (tertiary/aromatic N) is 2. The van der Waals surface area contributed by atoms with Gasteiger partial charge in [0.2, 0.25) is 0 Å². The van der Waals surface area contributed by atoms with Crippen molar-refractivity contribution in [3.63, 3.8) is 0 Å². The van der Waals surface area contributed by atoms with Crippen molar-refractivity contribution in [1.82, 2.24) is 10.3 Å². The van der Waals surface area contributed by atoms with Gasteiger partial charge in [-0.05, 0) is 37.6 Å². The molecule has 4 heteroatoms. The Kier molecular flexibility index (Phi) is 3.04. The zero-order valence-electron chi connectivity index (χ0n) is 12.2. The van der Waals surface area contributed by atoms with Crippen LogP contribution in [0.3, 0.4) is 0 Å². The smallest absolute Gasteiger partial charge is 0.130 e. The molecule has 0 aliphatic carbocycles. The molecule has 2 unspecified atom stereocenters. The molecule has 4 nitrogen and oxygen atoms in total. The summed E-state index contributed by atoms with van der Waals surface area (Å²) in [6.07, 6.45) is 3.30. The number of nitrogens with one attached hydrogen (secondary N) is 2. The minimum Gasteiger partial charge on any atom is -0.367 e. The van der Waals surface area contributed by atoms with E-state index in [-0.39, 0.29) is 0 Å². The lowest BCUT2D eigenvalue weighted by atomic mass is 9.91. The molecule has 5 rings (SSSR count). The van der Waals surface area contributed by atoms with Gasteiger partial charge in [0, 0.05) is 30.9 Å². The Balaban J connectivity index is 1.44. The van der Waals surface area contributed by atoms with Gasteiger partial charge in [-0.1, -0.05) is 17.7 Å². The summed E-state index contributed by atoms with van der Waals surface area (Å²) in [7, 11) is 0. The highest BCUT2D eigenvalue weighted by Gasteiger charge is 2.36. The number of anilines is 3. The van der Waals surface area contributed by atoms with E-state index in [0.717, 1.165) is 24.6 Å². The highest BCUT2D eigenvalue weighted by molar-refractivity contribution is 5.59. The minimum absolute atomic E-state index is 0.675. The lowest BCUT2D eigenvalue weighted by Gasteiger charge is -2.49. The first-order valence-corrected chi connectivity index (χ1v) is 7.57. The van der Waals surface area contributed by atoms with Crippen molar-refractivity contribution in [1.29, 1.82) is 0 Å². The van der Waals surface area contributed by atoms with Crippen molar-refractivity contribution in [2.24, 2.45) is 0 Å². The van der Waals surface area contributed by atoms with Crippen LogP contribution in [-0.4, -0.2) is 30.2 Å². The van der Waals surface area contributed by atoms with Crippen molar-refractivity contribution in [3.05, 3.63) is 48.2 Å². The van der Waals surface area contributed by atoms with Crippen LogP contribution in [0, 0.1) is 6.92 Å². The van der Waals surface area contributed by atoms with Gasteiger partial charge in [-0.3, -0.25) is 0 Å². The Labute approximate surface area is 125 Å². The van der Waals surface area contributed by atoms with Crippen LogP contribution in [0.5, 0.6) is 0 Å². The first kappa shape index (κ1) is 12.7. The maximum absolute atomic E-state index is 4.54. The van der Waals surface area contributed by atoms with E-state index in [0.29, 0.717) is 12.1 Å². The number of aromatic nitrogens is 1. The van der Waals surface area contributed by atoms with Crippen LogP contribution in [0.2, 0.25) is 0 Å². The molecule has 0 amide bonds. The van der Waals surface area contributed by atoms with Crippen LogP contribution in [0.1, 0.15) is 12.0 Å². The van der Waals surface area contributed by atoms with Gasteiger partial charge in [0.05, 0.1) is 11.9 Å². The number of rotatable bonds is 3. The second-order valence-corrected chi connectivity index (χ2v) is 6.09. The summed E-state index contributed by atoms with van der Waals surface area (Å²) >= 11 is 0. The summed E-state index contributed by atoms with van der Waals surface area (Å²) in [4.78, 5) is 6.97. The maximum Gasteiger partial charge on any atom is 0.130 e. The predicted octanol–water partition coefficient (Wildman–Crippen LogP) is 2.68. The number of aryl methyl sites for hydroxylation is 1. The van der Waals surface area contributed by atoms with Crippen LogP contribution >= 0.6 is 0 Å². The van der Waals surface area contributed by atoms with Crippen LogP contribution in [-0.2, 0) is 0 Å². The zero-order chi connectivity index (χ0) is 14.2. The molecule has 0 radical (unpaired) electrons. The number of fused-ring (bicyclic) bond motifs is 2. The quantitative estimate of drug-likeness (QED) is 0.907. The molecule has 1 aromatic carbocycles. The van der Waals surface area contributed by atoms with Gasteiger partial charge in [0.25, 0.3) is 0 Å². The van der Waals surface area contributed by atoms with Crippen molar-refractivity contribution < 1.29 is 0 Å². The van der Waals surface area contributed by atoms with E-state index >= 15 is 0 Å². The molecule has 3 fully saturated rings. The largest absolute Gasteiger partial charge is 0.367 e. The van der Waals surface area contributed by atoms with Crippen molar-refractivity contribution >= 4 is 17.2 Å². The zero-order valence-corrected chi connectivity index (χ0v) is 12.2. The lowest BCUT2D eigenvalue weighted by molar-refractivity contribution is 0.226. The average Bonchev–Trinajstić information content (AvgIpc) is 2.50. The Bertz CT molecular complexity index is 604. The molecule has 0 saturated carbocycles. The first-order chi connectivity index (χ1) is 10.3. The van der Waals surface area contributed by atoms with Crippen LogP contribution < -0.4 is 15.5 Å². The molecule has 2 N–H and O–H groups in total. The second-order valence-electron chi connectivity index (χ2n) is 6.09. The predicted molar refractivity (Wildman–Crippen MR) is 86.2 cm³/mol. The Morgan fingerprint density at radius 2 is 1.81 bits per heavy atom. The highest BCUT2D eigenvalue weighted by Crippen LogP contribution is 2.26. The van der Waals surface area contributed by atoms with Gasteiger partial charge in [-0.15, -0.1) is 0 Å². The summed E-state index contributed by atoms with van der Waals surface area (Å²) in [6.45, 7) is 4.29. The molecular formula is C17H20N4. The average molecular weight is 280 g/mol. The number of hydrogen-bond acceptors (Lipinski definition) is 4. The van der Waals surface area contributed by atoms with Crippen LogP contribution in [0.15, 0.2) is 42.6 Å². The molecular weight excluding hydrogens is 260 g/mol. The molecule has 2 aromatic rings. The topological polar surface area (TPSA) is 40.2 Å². The Hall–Kier alpha value is -2.07. The molecule has 4 heterocycles. The van der Waals surface area contributed by atoms with Gasteiger partial charge >= 0.3 is 0 Å². The summed E-state index contributed by atoms with van der Waals surface area (Å²) < 4.78 is 0. The van der Waals surface area contributed by atoms with E-state index in [9.17, 15) is 0 Å². The van der Waals surface area contributed by atoms with Gasteiger partial charge < -0.3 is 15.5 Å². The number of benzene rings is 1. The molecule has 3 aliphatic rings. The molecule has 3 aliphatic heterocycles. The molecule has 1 aromatic heterocycles. The number of hydrogen-bond donors (Lipinski definition) is 2. The Morgan fingerprint density at radius 1 is 1.10 bits per heavy atom. The number of piperazine rings is 1. The normalized spacial score (nSPS) is 23.6. The molecule has 21 heavy (non-hydrogen) atoms. The molecule has 2 bridgehead atoms. The van der Waals surface area contributed by atoms with E-state index in [1.54, 1.807) is 0 Å². The summed E-state index contributed by atoms with van der Waals surface area (Å²) in [5.74, 6) is 0.892. The van der Waals surface area contributed by atoms with E-state index in [2.05, 4.69) is 63.8 Å².